The standard InChI is InChI=1S/C20H27N3O2/c1-15-12-18(23(3)4)11-10-16(15)13-21-19(24)22-14-20(2,25)17-8-6-5-7-9-17/h5-12,25H,13-14H2,1-4H3,(H2,21,22,24). The molecule has 0 heterocycles. The summed E-state index contributed by atoms with van der Waals surface area (Å²) >= 11 is 0. The molecule has 0 spiro atoms. The van der Waals surface area contributed by atoms with E-state index in [1.807, 2.05) is 68.4 Å². The van der Waals surface area contributed by atoms with Gasteiger partial charge in [0.15, 0.2) is 0 Å². The Morgan fingerprint density at radius 2 is 1.80 bits per heavy atom. The largest absolute Gasteiger partial charge is 0.384 e. The van der Waals surface area contributed by atoms with Crippen LogP contribution in [0.3, 0.4) is 0 Å². The van der Waals surface area contributed by atoms with Crippen LogP contribution < -0.4 is 15.5 Å². The van der Waals surface area contributed by atoms with E-state index in [4.69, 9.17) is 0 Å². The number of hydrogen-bond acceptors (Lipinski definition) is 3. The SMILES string of the molecule is Cc1cc(N(C)C)ccc1CNC(=O)NCC(C)(O)c1ccccc1. The monoisotopic (exact) mass is 341 g/mol. The maximum absolute atomic E-state index is 12.0. The lowest BCUT2D eigenvalue weighted by Gasteiger charge is -2.24. The van der Waals surface area contributed by atoms with Gasteiger partial charge in [0.1, 0.15) is 5.60 Å². The summed E-state index contributed by atoms with van der Waals surface area (Å²) in [4.78, 5) is 14.1. The van der Waals surface area contributed by atoms with Crippen molar-refractivity contribution >= 4 is 11.7 Å². The Bertz CT molecular complexity index is 712. The van der Waals surface area contributed by atoms with Crippen molar-refractivity contribution < 1.29 is 9.90 Å². The molecular weight excluding hydrogens is 314 g/mol. The van der Waals surface area contributed by atoms with Crippen LogP contribution in [0.5, 0.6) is 0 Å². The van der Waals surface area contributed by atoms with E-state index in [1.54, 1.807) is 6.92 Å². The Kier molecular flexibility index (Phi) is 6.04. The van der Waals surface area contributed by atoms with E-state index in [0.717, 1.165) is 22.4 Å². The Balaban J connectivity index is 1.87. The van der Waals surface area contributed by atoms with E-state index < -0.39 is 5.60 Å². The summed E-state index contributed by atoms with van der Waals surface area (Å²) in [6.45, 7) is 4.30. The molecule has 0 saturated carbocycles. The fraction of sp³-hybridized carbons (Fsp3) is 0.350. The topological polar surface area (TPSA) is 64.6 Å². The molecule has 1 atom stereocenters. The molecule has 2 aromatic carbocycles. The second-order valence-corrected chi connectivity index (χ2v) is 6.68. The van der Waals surface area contributed by atoms with E-state index in [9.17, 15) is 9.90 Å². The fourth-order valence-corrected chi connectivity index (χ4v) is 2.55. The van der Waals surface area contributed by atoms with Crippen LogP contribution >= 0.6 is 0 Å². The highest BCUT2D eigenvalue weighted by molar-refractivity contribution is 5.74. The smallest absolute Gasteiger partial charge is 0.315 e. The molecule has 0 bridgehead atoms. The van der Waals surface area contributed by atoms with Gasteiger partial charge in [0.2, 0.25) is 0 Å². The molecule has 0 radical (unpaired) electrons. The third kappa shape index (κ3) is 5.22. The molecule has 2 rings (SSSR count). The first-order valence-corrected chi connectivity index (χ1v) is 8.36. The van der Waals surface area contributed by atoms with Crippen molar-refractivity contribution in [1.82, 2.24) is 10.6 Å². The molecule has 2 amide bonds. The van der Waals surface area contributed by atoms with Gasteiger partial charge < -0.3 is 20.6 Å². The molecule has 0 aromatic heterocycles. The van der Waals surface area contributed by atoms with Crippen molar-refractivity contribution in [3.05, 3.63) is 65.2 Å². The van der Waals surface area contributed by atoms with E-state index in [1.165, 1.54) is 0 Å². The number of carbonyl (C=O) groups is 1. The predicted molar refractivity (Wildman–Crippen MR) is 102 cm³/mol. The van der Waals surface area contributed by atoms with Crippen LogP contribution in [-0.2, 0) is 12.1 Å². The molecule has 2 aromatic rings. The average molecular weight is 341 g/mol. The summed E-state index contributed by atoms with van der Waals surface area (Å²) in [7, 11) is 4.00. The van der Waals surface area contributed by atoms with Gasteiger partial charge in [-0.25, -0.2) is 4.79 Å². The number of amides is 2. The van der Waals surface area contributed by atoms with Gasteiger partial charge in [-0.2, -0.15) is 0 Å². The van der Waals surface area contributed by atoms with Crippen LogP contribution in [0.15, 0.2) is 48.5 Å². The van der Waals surface area contributed by atoms with Crippen molar-refractivity contribution in [3.8, 4) is 0 Å². The Morgan fingerprint density at radius 3 is 2.40 bits per heavy atom. The molecular formula is C20H27N3O2. The van der Waals surface area contributed by atoms with Crippen LogP contribution in [0.25, 0.3) is 0 Å². The van der Waals surface area contributed by atoms with Gasteiger partial charge in [0.05, 0.1) is 6.54 Å². The highest BCUT2D eigenvalue weighted by Gasteiger charge is 2.23. The van der Waals surface area contributed by atoms with Gasteiger partial charge in [0.25, 0.3) is 0 Å². The first kappa shape index (κ1) is 18.8. The third-order valence-corrected chi connectivity index (χ3v) is 4.27. The van der Waals surface area contributed by atoms with Crippen LogP contribution in [-0.4, -0.2) is 31.8 Å². The molecule has 5 nitrogen and oxygen atoms in total. The zero-order chi connectivity index (χ0) is 18.4. The van der Waals surface area contributed by atoms with Gasteiger partial charge in [-0.3, -0.25) is 0 Å². The normalized spacial score (nSPS) is 13.0. The molecule has 0 aliphatic carbocycles. The number of benzene rings is 2. The van der Waals surface area contributed by atoms with E-state index in [2.05, 4.69) is 16.7 Å². The van der Waals surface area contributed by atoms with Crippen LogP contribution in [0.4, 0.5) is 10.5 Å². The Labute approximate surface area is 149 Å². The van der Waals surface area contributed by atoms with E-state index in [0.29, 0.717) is 6.54 Å². The lowest BCUT2D eigenvalue weighted by atomic mass is 9.96. The summed E-state index contributed by atoms with van der Waals surface area (Å²) in [6.07, 6.45) is 0. The van der Waals surface area contributed by atoms with Gasteiger partial charge in [-0.15, -0.1) is 0 Å². The van der Waals surface area contributed by atoms with Crippen molar-refractivity contribution in [2.45, 2.75) is 26.0 Å². The van der Waals surface area contributed by atoms with Gasteiger partial charge in [-0.1, -0.05) is 36.4 Å². The summed E-state index contributed by atoms with van der Waals surface area (Å²) in [6, 6.07) is 15.2. The summed E-state index contributed by atoms with van der Waals surface area (Å²) in [5.41, 5.74) is 2.98. The number of nitrogens with zero attached hydrogens (tertiary/aromatic N) is 1. The molecule has 0 aliphatic rings. The lowest BCUT2D eigenvalue weighted by molar-refractivity contribution is 0.0594. The first-order chi connectivity index (χ1) is 11.8. The van der Waals surface area contributed by atoms with Crippen LogP contribution in [0, 0.1) is 6.92 Å². The summed E-state index contributed by atoms with van der Waals surface area (Å²) < 4.78 is 0. The maximum Gasteiger partial charge on any atom is 0.315 e. The summed E-state index contributed by atoms with van der Waals surface area (Å²) in [5.74, 6) is 0. The van der Waals surface area contributed by atoms with Crippen LogP contribution in [0.1, 0.15) is 23.6 Å². The number of anilines is 1. The van der Waals surface area contributed by atoms with Gasteiger partial charge in [0, 0.05) is 26.3 Å². The van der Waals surface area contributed by atoms with Gasteiger partial charge in [-0.05, 0) is 42.7 Å². The first-order valence-electron chi connectivity index (χ1n) is 8.36. The van der Waals surface area contributed by atoms with Gasteiger partial charge >= 0.3 is 6.03 Å². The highest BCUT2D eigenvalue weighted by atomic mass is 16.3. The zero-order valence-corrected chi connectivity index (χ0v) is 15.3. The third-order valence-electron chi connectivity index (χ3n) is 4.27. The number of rotatable bonds is 6. The number of hydrogen-bond donors (Lipinski definition) is 3. The molecule has 25 heavy (non-hydrogen) atoms. The summed E-state index contributed by atoms with van der Waals surface area (Å²) in [5, 5.41) is 16.1. The highest BCUT2D eigenvalue weighted by Crippen LogP contribution is 2.19. The second-order valence-electron chi connectivity index (χ2n) is 6.68. The number of aryl methyl sites for hydroxylation is 1. The van der Waals surface area contributed by atoms with Crippen LogP contribution in [0.2, 0.25) is 0 Å². The number of aliphatic hydroxyl groups is 1. The van der Waals surface area contributed by atoms with E-state index in [-0.39, 0.29) is 12.6 Å². The van der Waals surface area contributed by atoms with Crippen molar-refractivity contribution in [1.29, 1.82) is 0 Å². The minimum Gasteiger partial charge on any atom is -0.384 e. The quantitative estimate of drug-likeness (QED) is 0.757. The lowest BCUT2D eigenvalue weighted by Crippen LogP contribution is -2.43. The Hall–Kier alpha value is -2.53. The molecule has 3 N–H and O–H groups in total. The zero-order valence-electron chi connectivity index (χ0n) is 15.3. The Morgan fingerprint density at radius 1 is 1.12 bits per heavy atom. The molecule has 0 aliphatic heterocycles. The minimum absolute atomic E-state index is 0.140. The molecule has 1 unspecified atom stereocenters. The molecule has 0 fully saturated rings. The second kappa shape index (κ2) is 8.03. The van der Waals surface area contributed by atoms with Crippen molar-refractivity contribution in [2.75, 3.05) is 25.5 Å². The number of carbonyl (C=O) groups excluding carboxylic acids is 1. The maximum atomic E-state index is 12.0. The van der Waals surface area contributed by atoms with Crippen molar-refractivity contribution in [3.63, 3.8) is 0 Å². The van der Waals surface area contributed by atoms with E-state index >= 15 is 0 Å². The predicted octanol–water partition coefficient (Wildman–Crippen LogP) is 2.77. The minimum atomic E-state index is -1.11. The molecule has 0 saturated heterocycles. The fourth-order valence-electron chi connectivity index (χ4n) is 2.55. The van der Waals surface area contributed by atoms with Crippen molar-refractivity contribution in [2.24, 2.45) is 0 Å². The molecule has 5 heteroatoms. The number of urea groups is 1. The molecule has 134 valence electrons. The number of nitrogens with one attached hydrogen (secondary N) is 2. The average Bonchev–Trinajstić information content (AvgIpc) is 2.59.